The van der Waals surface area contributed by atoms with Crippen LogP contribution >= 0.6 is 0 Å². The molecule has 1 amide bonds. The van der Waals surface area contributed by atoms with E-state index in [2.05, 4.69) is 39.6 Å². The molecule has 4 rings (SSSR count). The molecule has 0 bridgehead atoms. The molecule has 6 heteroatoms. The Bertz CT molecular complexity index is 773. The number of carbonyl (C=O) groups excluding carboxylic acids is 1. The van der Waals surface area contributed by atoms with Crippen molar-refractivity contribution >= 4 is 5.91 Å². The number of aromatic nitrogens is 1. The van der Waals surface area contributed by atoms with Crippen LogP contribution in [0, 0.1) is 13.8 Å². The Morgan fingerprint density at radius 1 is 1.19 bits per heavy atom. The van der Waals surface area contributed by atoms with Crippen LogP contribution in [0.4, 0.5) is 0 Å². The minimum absolute atomic E-state index is 0.0981. The van der Waals surface area contributed by atoms with E-state index < -0.39 is 0 Å². The van der Waals surface area contributed by atoms with Crippen molar-refractivity contribution in [1.82, 2.24) is 20.3 Å². The fraction of sp³-hybridized carbons (Fsp3) is 0.500. The minimum Gasteiger partial charge on any atom is -0.361 e. The summed E-state index contributed by atoms with van der Waals surface area (Å²) in [4.78, 5) is 17.3. The van der Waals surface area contributed by atoms with E-state index in [1.54, 1.807) is 0 Å². The van der Waals surface area contributed by atoms with Crippen molar-refractivity contribution in [3.63, 3.8) is 0 Å². The molecule has 2 aromatic rings. The number of aryl methyl sites for hydroxylation is 2. The Morgan fingerprint density at radius 2 is 1.92 bits per heavy atom. The van der Waals surface area contributed by atoms with Gasteiger partial charge in [0.05, 0.1) is 11.7 Å². The molecule has 1 aromatic carbocycles. The molecular formula is C20H26N4O2. The van der Waals surface area contributed by atoms with E-state index >= 15 is 0 Å². The van der Waals surface area contributed by atoms with Crippen molar-refractivity contribution in [1.29, 1.82) is 0 Å². The molecule has 1 fully saturated rings. The number of rotatable bonds is 3. The van der Waals surface area contributed by atoms with Crippen LogP contribution < -0.4 is 5.32 Å². The summed E-state index contributed by atoms with van der Waals surface area (Å²) in [6.07, 6.45) is 0.786. The first kappa shape index (κ1) is 17.2. The largest absolute Gasteiger partial charge is 0.361 e. The summed E-state index contributed by atoms with van der Waals surface area (Å²) < 4.78 is 5.25. The number of nitrogens with one attached hydrogen (secondary N) is 1. The molecule has 2 aliphatic heterocycles. The lowest BCUT2D eigenvalue weighted by Crippen LogP contribution is -2.55. The van der Waals surface area contributed by atoms with Gasteiger partial charge in [0.2, 0.25) is 5.91 Å². The quantitative estimate of drug-likeness (QED) is 0.908. The molecule has 0 radical (unpaired) electrons. The molecule has 0 saturated carbocycles. The standard InChI is InChI=1S/C20H26N4O2/c1-14-18(15(2)26-22-14)13-23-7-9-24(10-8-23)20(25)19-11-16-5-3-4-6-17(16)12-21-19/h3-6,19,21H,7-13H2,1-2H3/t19-/m0/s1. The molecule has 1 saturated heterocycles. The lowest BCUT2D eigenvalue weighted by molar-refractivity contribution is -0.135. The van der Waals surface area contributed by atoms with E-state index in [1.165, 1.54) is 16.7 Å². The highest BCUT2D eigenvalue weighted by molar-refractivity contribution is 5.82. The van der Waals surface area contributed by atoms with Crippen LogP contribution in [-0.2, 0) is 24.3 Å². The van der Waals surface area contributed by atoms with E-state index in [1.807, 2.05) is 18.7 Å². The summed E-state index contributed by atoms with van der Waals surface area (Å²) in [5, 5.41) is 7.44. The van der Waals surface area contributed by atoms with Gasteiger partial charge in [0.1, 0.15) is 5.76 Å². The Balaban J connectivity index is 1.33. The van der Waals surface area contributed by atoms with Crippen LogP contribution in [0.5, 0.6) is 0 Å². The Labute approximate surface area is 154 Å². The van der Waals surface area contributed by atoms with Crippen molar-refractivity contribution < 1.29 is 9.32 Å². The number of carbonyl (C=O) groups is 1. The molecule has 0 spiro atoms. The second-order valence-corrected chi connectivity index (χ2v) is 7.31. The van der Waals surface area contributed by atoms with Gasteiger partial charge in [0.25, 0.3) is 0 Å². The van der Waals surface area contributed by atoms with Crippen LogP contribution in [-0.4, -0.2) is 53.1 Å². The van der Waals surface area contributed by atoms with Gasteiger partial charge in [-0.15, -0.1) is 0 Å². The fourth-order valence-electron chi connectivity index (χ4n) is 3.93. The third kappa shape index (κ3) is 3.39. The molecule has 0 unspecified atom stereocenters. The molecule has 1 aromatic heterocycles. The van der Waals surface area contributed by atoms with Crippen molar-refractivity contribution in [3.8, 4) is 0 Å². The molecule has 138 valence electrons. The maximum Gasteiger partial charge on any atom is 0.240 e. The Hall–Kier alpha value is -2.18. The SMILES string of the molecule is Cc1noc(C)c1CN1CCN(C(=O)[C@@H]2Cc3ccccc3CN2)CC1. The average molecular weight is 354 g/mol. The van der Waals surface area contributed by atoms with Crippen molar-refractivity contribution in [3.05, 3.63) is 52.4 Å². The van der Waals surface area contributed by atoms with E-state index in [0.29, 0.717) is 0 Å². The van der Waals surface area contributed by atoms with Gasteiger partial charge in [0.15, 0.2) is 0 Å². The number of fused-ring (bicyclic) bond motifs is 1. The average Bonchev–Trinajstić information content (AvgIpc) is 2.99. The van der Waals surface area contributed by atoms with Crippen LogP contribution in [0.15, 0.2) is 28.8 Å². The summed E-state index contributed by atoms with van der Waals surface area (Å²) >= 11 is 0. The summed E-state index contributed by atoms with van der Waals surface area (Å²) in [6, 6.07) is 8.29. The number of benzene rings is 1. The highest BCUT2D eigenvalue weighted by Gasteiger charge is 2.30. The van der Waals surface area contributed by atoms with Gasteiger partial charge in [-0.2, -0.15) is 0 Å². The number of amides is 1. The van der Waals surface area contributed by atoms with E-state index in [-0.39, 0.29) is 11.9 Å². The highest BCUT2D eigenvalue weighted by Crippen LogP contribution is 2.19. The summed E-state index contributed by atoms with van der Waals surface area (Å²) in [5.41, 5.74) is 4.74. The van der Waals surface area contributed by atoms with Gasteiger partial charge in [-0.05, 0) is 31.4 Å². The maximum atomic E-state index is 12.9. The maximum absolute atomic E-state index is 12.9. The summed E-state index contributed by atoms with van der Waals surface area (Å²) in [6.45, 7) is 8.90. The number of hydrogen-bond acceptors (Lipinski definition) is 5. The summed E-state index contributed by atoms with van der Waals surface area (Å²) in [7, 11) is 0. The molecule has 1 N–H and O–H groups in total. The predicted molar refractivity (Wildman–Crippen MR) is 98.6 cm³/mol. The normalized spacial score (nSPS) is 20.8. The lowest BCUT2D eigenvalue weighted by Gasteiger charge is -2.37. The zero-order valence-electron chi connectivity index (χ0n) is 15.5. The first-order chi connectivity index (χ1) is 12.6. The lowest BCUT2D eigenvalue weighted by atomic mass is 9.95. The first-order valence-corrected chi connectivity index (χ1v) is 9.35. The predicted octanol–water partition coefficient (Wildman–Crippen LogP) is 1.65. The molecule has 2 aliphatic rings. The van der Waals surface area contributed by atoms with Crippen molar-refractivity contribution in [2.45, 2.75) is 39.4 Å². The Kier molecular flexibility index (Phi) is 4.78. The molecule has 1 atom stereocenters. The number of hydrogen-bond donors (Lipinski definition) is 1. The van der Waals surface area contributed by atoms with Gasteiger partial charge in [-0.25, -0.2) is 0 Å². The first-order valence-electron chi connectivity index (χ1n) is 9.35. The van der Waals surface area contributed by atoms with Gasteiger partial charge >= 0.3 is 0 Å². The molecule has 6 nitrogen and oxygen atoms in total. The molecule has 3 heterocycles. The van der Waals surface area contributed by atoms with E-state index in [4.69, 9.17) is 4.52 Å². The van der Waals surface area contributed by atoms with Gasteiger partial charge in [-0.3, -0.25) is 9.69 Å². The van der Waals surface area contributed by atoms with E-state index in [0.717, 1.165) is 57.1 Å². The fourth-order valence-corrected chi connectivity index (χ4v) is 3.93. The molecule has 26 heavy (non-hydrogen) atoms. The van der Waals surface area contributed by atoms with Crippen LogP contribution in [0.2, 0.25) is 0 Å². The third-order valence-electron chi connectivity index (χ3n) is 5.63. The van der Waals surface area contributed by atoms with Crippen LogP contribution in [0.3, 0.4) is 0 Å². The van der Waals surface area contributed by atoms with E-state index in [9.17, 15) is 4.79 Å². The summed E-state index contributed by atoms with van der Waals surface area (Å²) in [5.74, 6) is 1.13. The van der Waals surface area contributed by atoms with Crippen LogP contribution in [0.25, 0.3) is 0 Å². The Morgan fingerprint density at radius 3 is 2.62 bits per heavy atom. The zero-order valence-corrected chi connectivity index (χ0v) is 15.5. The van der Waals surface area contributed by atoms with Crippen molar-refractivity contribution in [2.75, 3.05) is 26.2 Å². The second-order valence-electron chi connectivity index (χ2n) is 7.31. The smallest absolute Gasteiger partial charge is 0.240 e. The minimum atomic E-state index is -0.0981. The molecular weight excluding hydrogens is 328 g/mol. The second kappa shape index (κ2) is 7.21. The number of piperazine rings is 1. The van der Waals surface area contributed by atoms with Gasteiger partial charge < -0.3 is 14.7 Å². The molecule has 0 aliphatic carbocycles. The van der Waals surface area contributed by atoms with Crippen LogP contribution in [0.1, 0.15) is 28.1 Å². The van der Waals surface area contributed by atoms with Gasteiger partial charge in [0, 0.05) is 44.8 Å². The third-order valence-corrected chi connectivity index (χ3v) is 5.63. The monoisotopic (exact) mass is 354 g/mol. The topological polar surface area (TPSA) is 61.6 Å². The highest BCUT2D eigenvalue weighted by atomic mass is 16.5. The zero-order chi connectivity index (χ0) is 18.1. The van der Waals surface area contributed by atoms with Crippen molar-refractivity contribution in [2.24, 2.45) is 0 Å². The number of nitrogens with zero attached hydrogens (tertiary/aromatic N) is 3. The van der Waals surface area contributed by atoms with Gasteiger partial charge in [-0.1, -0.05) is 29.4 Å².